The van der Waals surface area contributed by atoms with E-state index in [9.17, 15) is 9.59 Å². The highest BCUT2D eigenvalue weighted by Gasteiger charge is 2.36. The van der Waals surface area contributed by atoms with Crippen molar-refractivity contribution in [1.82, 2.24) is 0 Å². The zero-order valence-electron chi connectivity index (χ0n) is 14.1. The predicted octanol–water partition coefficient (Wildman–Crippen LogP) is 3.76. The molecule has 132 valence electrons. The number of imide groups is 1. The van der Waals surface area contributed by atoms with Crippen LogP contribution in [0.4, 0.5) is 16.2 Å². The van der Waals surface area contributed by atoms with Crippen molar-refractivity contribution in [2.24, 2.45) is 0 Å². The zero-order valence-corrected chi connectivity index (χ0v) is 14.9. The molecule has 2 fully saturated rings. The van der Waals surface area contributed by atoms with Crippen molar-refractivity contribution in [3.8, 4) is 0 Å². The number of morpholine rings is 1. The van der Waals surface area contributed by atoms with Gasteiger partial charge in [0.05, 0.1) is 23.8 Å². The highest BCUT2D eigenvalue weighted by atomic mass is 32.2. The van der Waals surface area contributed by atoms with Gasteiger partial charge in [0.1, 0.15) is 0 Å². The number of carbonyl (C=O) groups is 2. The van der Waals surface area contributed by atoms with Crippen LogP contribution in [0.15, 0.2) is 59.5 Å². The molecular weight excluding hydrogens is 348 g/mol. The van der Waals surface area contributed by atoms with E-state index in [4.69, 9.17) is 4.74 Å². The Hall–Kier alpha value is -2.57. The first-order valence-corrected chi connectivity index (χ1v) is 9.30. The third kappa shape index (κ3) is 3.38. The van der Waals surface area contributed by atoms with E-state index in [2.05, 4.69) is 4.90 Å². The Kier molecular flexibility index (Phi) is 4.77. The van der Waals surface area contributed by atoms with Crippen molar-refractivity contribution < 1.29 is 14.3 Å². The molecule has 2 aliphatic rings. The molecule has 0 unspecified atom stereocenters. The number of nitrogens with zero attached hydrogens (tertiary/aromatic N) is 2. The fourth-order valence-electron chi connectivity index (χ4n) is 3.02. The number of hydrogen-bond acceptors (Lipinski definition) is 5. The van der Waals surface area contributed by atoms with Crippen LogP contribution < -0.4 is 9.80 Å². The Labute approximate surface area is 156 Å². The third-order valence-electron chi connectivity index (χ3n) is 4.38. The summed E-state index contributed by atoms with van der Waals surface area (Å²) >= 11 is 0.975. The van der Waals surface area contributed by atoms with Crippen LogP contribution in [0.1, 0.15) is 5.56 Å². The van der Waals surface area contributed by atoms with Crippen LogP contribution in [0.2, 0.25) is 0 Å². The monoisotopic (exact) mass is 366 g/mol. The van der Waals surface area contributed by atoms with Gasteiger partial charge in [0.25, 0.3) is 11.1 Å². The van der Waals surface area contributed by atoms with Gasteiger partial charge >= 0.3 is 0 Å². The number of hydrogen-bond donors (Lipinski definition) is 0. The Morgan fingerprint density at radius 2 is 1.58 bits per heavy atom. The molecule has 2 aromatic carbocycles. The van der Waals surface area contributed by atoms with E-state index < -0.39 is 0 Å². The van der Waals surface area contributed by atoms with Crippen LogP contribution in [-0.2, 0) is 9.53 Å². The number of amides is 2. The minimum atomic E-state index is -0.275. The highest BCUT2D eigenvalue weighted by molar-refractivity contribution is 8.19. The molecule has 0 radical (unpaired) electrons. The summed E-state index contributed by atoms with van der Waals surface area (Å²) in [5.41, 5.74) is 2.64. The standard InChI is InChI=1S/C20H18N2O3S/c23-19-18(26-20(24)22(19)17-4-2-1-3-5-17)14-15-6-8-16(9-7-15)21-10-12-25-13-11-21/h1-9,14H,10-13H2/b18-14+. The molecule has 0 saturated carbocycles. The van der Waals surface area contributed by atoms with Crippen LogP contribution in [-0.4, -0.2) is 37.4 Å². The topological polar surface area (TPSA) is 49.9 Å². The maximum absolute atomic E-state index is 12.6. The van der Waals surface area contributed by atoms with E-state index >= 15 is 0 Å². The summed E-state index contributed by atoms with van der Waals surface area (Å²) in [6.45, 7) is 3.26. The first-order chi connectivity index (χ1) is 12.7. The van der Waals surface area contributed by atoms with Crippen LogP contribution in [0.3, 0.4) is 0 Å². The van der Waals surface area contributed by atoms with Gasteiger partial charge in [0, 0.05) is 18.8 Å². The fraction of sp³-hybridized carbons (Fsp3) is 0.200. The van der Waals surface area contributed by atoms with Gasteiger partial charge in [-0.1, -0.05) is 30.3 Å². The molecule has 2 aromatic rings. The van der Waals surface area contributed by atoms with Crippen molar-refractivity contribution in [1.29, 1.82) is 0 Å². The molecule has 2 heterocycles. The average molecular weight is 366 g/mol. The lowest BCUT2D eigenvalue weighted by molar-refractivity contribution is -0.113. The number of thioether (sulfide) groups is 1. The molecule has 5 nitrogen and oxygen atoms in total. The minimum Gasteiger partial charge on any atom is -0.378 e. The predicted molar refractivity (Wildman–Crippen MR) is 104 cm³/mol. The molecule has 0 aliphatic carbocycles. The number of rotatable bonds is 3. The summed E-state index contributed by atoms with van der Waals surface area (Å²) in [4.78, 5) is 28.8. The number of benzene rings is 2. The van der Waals surface area contributed by atoms with Gasteiger partial charge in [-0.2, -0.15) is 0 Å². The van der Waals surface area contributed by atoms with Crippen molar-refractivity contribution in [2.45, 2.75) is 0 Å². The van der Waals surface area contributed by atoms with Gasteiger partial charge in [-0.05, 0) is 47.7 Å². The van der Waals surface area contributed by atoms with Gasteiger partial charge in [0.15, 0.2) is 0 Å². The Bertz CT molecular complexity index is 843. The molecule has 26 heavy (non-hydrogen) atoms. The zero-order chi connectivity index (χ0) is 17.9. The van der Waals surface area contributed by atoms with Crippen molar-refractivity contribution >= 4 is 40.4 Å². The second-order valence-electron chi connectivity index (χ2n) is 6.04. The van der Waals surface area contributed by atoms with Gasteiger partial charge < -0.3 is 9.64 Å². The maximum atomic E-state index is 12.6. The first-order valence-electron chi connectivity index (χ1n) is 8.48. The van der Waals surface area contributed by atoms with Gasteiger partial charge in [-0.3, -0.25) is 9.59 Å². The van der Waals surface area contributed by atoms with E-state index in [1.165, 1.54) is 4.90 Å². The number of para-hydroxylation sites is 1. The van der Waals surface area contributed by atoms with E-state index in [1.54, 1.807) is 18.2 Å². The van der Waals surface area contributed by atoms with Crippen molar-refractivity contribution in [2.75, 3.05) is 36.1 Å². The molecule has 2 saturated heterocycles. The summed E-state index contributed by atoms with van der Waals surface area (Å²) in [6, 6.07) is 17.0. The molecule has 0 N–H and O–H groups in total. The molecule has 2 aliphatic heterocycles. The highest BCUT2D eigenvalue weighted by Crippen LogP contribution is 2.35. The SMILES string of the molecule is O=C1S/C(=C/c2ccc(N3CCOCC3)cc2)C(=O)N1c1ccccc1. The average Bonchev–Trinajstić information content (AvgIpc) is 2.97. The smallest absolute Gasteiger partial charge is 0.298 e. The van der Waals surface area contributed by atoms with E-state index in [0.717, 1.165) is 49.3 Å². The summed E-state index contributed by atoms with van der Waals surface area (Å²) in [6.07, 6.45) is 1.77. The minimum absolute atomic E-state index is 0.266. The molecule has 0 aromatic heterocycles. The molecular formula is C20H18N2O3S. The second-order valence-corrected chi connectivity index (χ2v) is 7.04. The van der Waals surface area contributed by atoms with Crippen molar-refractivity contribution in [3.05, 3.63) is 65.1 Å². The van der Waals surface area contributed by atoms with Crippen LogP contribution in [0, 0.1) is 0 Å². The van der Waals surface area contributed by atoms with Crippen molar-refractivity contribution in [3.63, 3.8) is 0 Å². The molecule has 0 atom stereocenters. The molecule has 2 amide bonds. The van der Waals surface area contributed by atoms with Gasteiger partial charge in [-0.15, -0.1) is 0 Å². The normalized spacial score (nSPS) is 19.5. The van der Waals surface area contributed by atoms with Crippen LogP contribution in [0.25, 0.3) is 6.08 Å². The molecule has 4 rings (SSSR count). The number of ether oxygens (including phenoxy) is 1. The molecule has 6 heteroatoms. The Morgan fingerprint density at radius 3 is 2.27 bits per heavy atom. The van der Waals surface area contributed by atoms with Crippen LogP contribution in [0.5, 0.6) is 0 Å². The lowest BCUT2D eigenvalue weighted by Gasteiger charge is -2.28. The van der Waals surface area contributed by atoms with Crippen LogP contribution >= 0.6 is 11.8 Å². The quantitative estimate of drug-likeness (QED) is 0.774. The summed E-state index contributed by atoms with van der Waals surface area (Å²) in [7, 11) is 0. The Morgan fingerprint density at radius 1 is 0.885 bits per heavy atom. The lowest BCUT2D eigenvalue weighted by Crippen LogP contribution is -2.36. The van der Waals surface area contributed by atoms with E-state index in [-0.39, 0.29) is 11.1 Å². The summed E-state index contributed by atoms with van der Waals surface area (Å²) < 4.78 is 5.37. The summed E-state index contributed by atoms with van der Waals surface area (Å²) in [5.74, 6) is -0.275. The summed E-state index contributed by atoms with van der Waals surface area (Å²) in [5, 5.41) is -0.266. The molecule has 0 bridgehead atoms. The Balaban J connectivity index is 1.53. The van der Waals surface area contributed by atoms with E-state index in [1.807, 2.05) is 42.5 Å². The van der Waals surface area contributed by atoms with Gasteiger partial charge in [0.2, 0.25) is 0 Å². The second kappa shape index (κ2) is 7.35. The largest absolute Gasteiger partial charge is 0.378 e. The lowest BCUT2D eigenvalue weighted by atomic mass is 10.1. The fourth-order valence-corrected chi connectivity index (χ4v) is 3.86. The molecule has 0 spiro atoms. The maximum Gasteiger partial charge on any atom is 0.298 e. The number of carbonyl (C=O) groups excluding carboxylic acids is 2. The first kappa shape index (κ1) is 16.9. The number of anilines is 2. The van der Waals surface area contributed by atoms with Gasteiger partial charge in [-0.25, -0.2) is 4.90 Å². The third-order valence-corrected chi connectivity index (χ3v) is 5.24. The van der Waals surface area contributed by atoms with E-state index in [0.29, 0.717) is 10.6 Å².